The lowest BCUT2D eigenvalue weighted by atomic mass is 9.94. The van der Waals surface area contributed by atoms with Crippen molar-refractivity contribution in [1.82, 2.24) is 19.9 Å². The zero-order valence-corrected chi connectivity index (χ0v) is 15.2. The van der Waals surface area contributed by atoms with Gasteiger partial charge in [-0.2, -0.15) is 0 Å². The Morgan fingerprint density at radius 2 is 2.12 bits per heavy atom. The maximum Gasteiger partial charge on any atom is 0.255 e. The predicted octanol–water partition coefficient (Wildman–Crippen LogP) is 1.72. The van der Waals surface area contributed by atoms with E-state index in [1.807, 2.05) is 18.7 Å². The van der Waals surface area contributed by atoms with Crippen molar-refractivity contribution in [2.24, 2.45) is 5.92 Å². The quantitative estimate of drug-likeness (QED) is 0.905. The molecule has 2 aromatic rings. The van der Waals surface area contributed by atoms with Crippen LogP contribution < -0.4 is 5.56 Å². The maximum atomic E-state index is 12.9. The Hall–Kier alpha value is -2.41. The van der Waals surface area contributed by atoms with E-state index in [4.69, 9.17) is 4.52 Å². The molecule has 3 saturated heterocycles. The highest BCUT2D eigenvalue weighted by Gasteiger charge is 2.37. The Morgan fingerprint density at radius 1 is 1.27 bits per heavy atom. The number of nitrogens with zero attached hydrogens (tertiary/aromatic N) is 3. The van der Waals surface area contributed by atoms with Crippen molar-refractivity contribution in [2.75, 3.05) is 19.6 Å². The maximum absolute atomic E-state index is 12.9. The first-order chi connectivity index (χ1) is 12.5. The van der Waals surface area contributed by atoms with Gasteiger partial charge in [0.25, 0.3) is 5.91 Å². The summed E-state index contributed by atoms with van der Waals surface area (Å²) in [4.78, 5) is 31.2. The van der Waals surface area contributed by atoms with Crippen LogP contribution in [0.5, 0.6) is 0 Å². The van der Waals surface area contributed by atoms with Gasteiger partial charge in [-0.3, -0.25) is 14.5 Å². The first-order valence-electron chi connectivity index (χ1n) is 9.15. The van der Waals surface area contributed by atoms with Crippen molar-refractivity contribution in [2.45, 2.75) is 39.3 Å². The van der Waals surface area contributed by atoms with E-state index in [0.29, 0.717) is 11.5 Å². The van der Waals surface area contributed by atoms with Gasteiger partial charge >= 0.3 is 0 Å². The van der Waals surface area contributed by atoms with Gasteiger partial charge in [-0.25, -0.2) is 0 Å². The molecule has 26 heavy (non-hydrogen) atoms. The third-order valence-corrected chi connectivity index (χ3v) is 5.64. The molecule has 1 amide bonds. The zero-order chi connectivity index (χ0) is 18.3. The molecule has 1 N–H and O–H groups in total. The van der Waals surface area contributed by atoms with Crippen LogP contribution in [0.4, 0.5) is 0 Å². The lowest BCUT2D eigenvalue weighted by Gasteiger charge is -2.36. The summed E-state index contributed by atoms with van der Waals surface area (Å²) in [6.07, 6.45) is 3.70. The highest BCUT2D eigenvalue weighted by molar-refractivity contribution is 5.94. The molecular formula is C19H24N4O3. The molecule has 2 atom stereocenters. The van der Waals surface area contributed by atoms with Crippen LogP contribution in [0, 0.1) is 19.8 Å². The fourth-order valence-electron chi connectivity index (χ4n) is 4.22. The van der Waals surface area contributed by atoms with E-state index in [1.165, 1.54) is 12.3 Å². The molecule has 0 spiro atoms. The predicted molar refractivity (Wildman–Crippen MR) is 95.9 cm³/mol. The smallest absolute Gasteiger partial charge is 0.255 e. The van der Waals surface area contributed by atoms with Gasteiger partial charge in [0.2, 0.25) is 5.56 Å². The van der Waals surface area contributed by atoms with Crippen LogP contribution in [-0.2, 0) is 6.54 Å². The largest absolute Gasteiger partial charge is 0.361 e. The van der Waals surface area contributed by atoms with Crippen molar-refractivity contribution in [3.8, 4) is 0 Å². The molecule has 0 aromatic carbocycles. The minimum atomic E-state index is -0.190. The summed E-state index contributed by atoms with van der Waals surface area (Å²) in [5.74, 6) is 1.36. The summed E-state index contributed by atoms with van der Waals surface area (Å²) in [6, 6.07) is 3.22. The first kappa shape index (κ1) is 17.0. The second-order valence-corrected chi connectivity index (χ2v) is 7.49. The van der Waals surface area contributed by atoms with E-state index < -0.39 is 0 Å². The summed E-state index contributed by atoms with van der Waals surface area (Å²) in [5, 5.41) is 4.05. The normalized spacial score (nSPS) is 23.2. The van der Waals surface area contributed by atoms with E-state index in [1.54, 1.807) is 6.07 Å². The molecule has 138 valence electrons. The highest BCUT2D eigenvalue weighted by Crippen LogP contribution is 2.30. The standard InChI is InChI=1S/C19H24N4O3/c1-12-17(13(2)26-21-12)11-22-8-14-3-5-16(10-22)23(9-14)19(25)15-4-6-18(24)20-7-15/h4,6-7,14,16H,3,5,8-11H2,1-2H3,(H,20,24)/t14-,16+/m1/s1. The van der Waals surface area contributed by atoms with Gasteiger partial charge in [0.05, 0.1) is 11.3 Å². The van der Waals surface area contributed by atoms with Crippen LogP contribution >= 0.6 is 0 Å². The number of nitrogens with one attached hydrogen (secondary N) is 1. The molecule has 2 bridgehead atoms. The van der Waals surface area contributed by atoms with Gasteiger partial charge < -0.3 is 14.4 Å². The highest BCUT2D eigenvalue weighted by atomic mass is 16.5. The number of piperidine rings is 1. The summed E-state index contributed by atoms with van der Waals surface area (Å²) >= 11 is 0. The number of amides is 1. The van der Waals surface area contributed by atoms with Crippen molar-refractivity contribution >= 4 is 5.91 Å². The summed E-state index contributed by atoms with van der Waals surface area (Å²) in [6.45, 7) is 7.36. The molecule has 0 unspecified atom stereocenters. The summed E-state index contributed by atoms with van der Waals surface area (Å²) in [5.41, 5.74) is 2.46. The van der Waals surface area contributed by atoms with Crippen molar-refractivity contribution in [3.05, 3.63) is 51.3 Å². The number of carbonyl (C=O) groups excluding carboxylic acids is 1. The lowest BCUT2D eigenvalue weighted by Crippen LogP contribution is -2.47. The number of hydrogen-bond acceptors (Lipinski definition) is 5. The summed E-state index contributed by atoms with van der Waals surface area (Å²) in [7, 11) is 0. The molecule has 3 aliphatic heterocycles. The number of fused-ring (bicyclic) bond motifs is 4. The molecule has 7 heteroatoms. The Balaban J connectivity index is 1.52. The molecular weight excluding hydrogens is 332 g/mol. The van der Waals surface area contributed by atoms with Crippen LogP contribution in [0.2, 0.25) is 0 Å². The number of carbonyl (C=O) groups is 1. The SMILES string of the molecule is Cc1noc(C)c1CN1C[C@H]2CC[C@@H](C1)N(C(=O)c1ccc(=O)[nH]c1)C2. The van der Waals surface area contributed by atoms with E-state index in [2.05, 4.69) is 15.0 Å². The fourth-order valence-corrected chi connectivity index (χ4v) is 4.22. The van der Waals surface area contributed by atoms with E-state index >= 15 is 0 Å². The number of H-pyrrole nitrogens is 1. The van der Waals surface area contributed by atoms with Crippen molar-refractivity contribution in [3.63, 3.8) is 0 Å². The van der Waals surface area contributed by atoms with Gasteiger partial charge in [-0.1, -0.05) is 5.16 Å². The first-order valence-corrected chi connectivity index (χ1v) is 9.15. The number of aromatic nitrogens is 2. The number of hydrogen-bond donors (Lipinski definition) is 1. The third-order valence-electron chi connectivity index (χ3n) is 5.64. The number of rotatable bonds is 3. The molecule has 5 rings (SSSR count). The fraction of sp³-hybridized carbons (Fsp3) is 0.526. The molecule has 3 aliphatic rings. The molecule has 0 saturated carbocycles. The van der Waals surface area contributed by atoms with Crippen LogP contribution in [0.3, 0.4) is 0 Å². The third kappa shape index (κ3) is 3.19. The van der Waals surface area contributed by atoms with Gasteiger partial charge in [0.15, 0.2) is 0 Å². The van der Waals surface area contributed by atoms with Gasteiger partial charge in [-0.05, 0) is 38.7 Å². The van der Waals surface area contributed by atoms with Crippen LogP contribution in [0.15, 0.2) is 27.6 Å². The van der Waals surface area contributed by atoms with E-state index in [0.717, 1.165) is 56.0 Å². The Kier molecular flexibility index (Phi) is 4.40. The Morgan fingerprint density at radius 3 is 2.81 bits per heavy atom. The Labute approximate surface area is 152 Å². The second-order valence-electron chi connectivity index (χ2n) is 7.49. The molecule has 5 heterocycles. The van der Waals surface area contributed by atoms with Crippen molar-refractivity contribution in [1.29, 1.82) is 0 Å². The van der Waals surface area contributed by atoms with Crippen LogP contribution in [-0.4, -0.2) is 51.5 Å². The average Bonchev–Trinajstić information content (AvgIpc) is 2.82. The van der Waals surface area contributed by atoms with Gasteiger partial charge in [-0.15, -0.1) is 0 Å². The summed E-state index contributed by atoms with van der Waals surface area (Å²) < 4.78 is 5.29. The van der Waals surface area contributed by atoms with Crippen molar-refractivity contribution < 1.29 is 9.32 Å². The molecule has 3 fully saturated rings. The molecule has 7 nitrogen and oxygen atoms in total. The Bertz CT molecular complexity index is 832. The molecule has 0 aliphatic carbocycles. The zero-order valence-electron chi connectivity index (χ0n) is 15.2. The van der Waals surface area contributed by atoms with Gasteiger partial charge in [0.1, 0.15) is 5.76 Å². The second kappa shape index (κ2) is 6.72. The minimum Gasteiger partial charge on any atom is -0.361 e. The molecule has 0 radical (unpaired) electrons. The number of aryl methyl sites for hydroxylation is 2. The topological polar surface area (TPSA) is 82.4 Å². The number of aromatic amines is 1. The molecule has 2 aromatic heterocycles. The average molecular weight is 356 g/mol. The minimum absolute atomic E-state index is 0.00939. The monoisotopic (exact) mass is 356 g/mol. The number of pyridine rings is 1. The van der Waals surface area contributed by atoms with E-state index in [-0.39, 0.29) is 17.5 Å². The lowest BCUT2D eigenvalue weighted by molar-refractivity contribution is 0.0584. The van der Waals surface area contributed by atoms with E-state index in [9.17, 15) is 9.59 Å². The van der Waals surface area contributed by atoms with Gasteiger partial charge in [0, 0.05) is 50.0 Å². The van der Waals surface area contributed by atoms with Crippen LogP contribution in [0.1, 0.15) is 40.2 Å². The van der Waals surface area contributed by atoms with Crippen LogP contribution in [0.25, 0.3) is 0 Å².